The Bertz CT molecular complexity index is 2780. The Morgan fingerprint density at radius 3 is 1.61 bits per heavy atom. The van der Waals surface area contributed by atoms with Gasteiger partial charge in [-0.05, 0) is 108 Å². The number of anilines is 3. The van der Waals surface area contributed by atoms with E-state index in [1.165, 1.54) is 99.0 Å². The minimum absolute atomic E-state index is 0.113. The SMILES string of the molecule is Cc1ccc2c(c1)[Si]1(c3ccccc3-c3ccccc31)c1cc(N(c3ccc4c(c3)C(C)(C)c3ccccc3-4)c3ccccc3-c3ccccc3)ccc1-2. The number of hydrogen-bond donors (Lipinski definition) is 0. The Hall–Kier alpha value is -6.22. The number of para-hydroxylation sites is 1. The second-order valence-electron chi connectivity index (χ2n) is 15.7. The van der Waals surface area contributed by atoms with Crippen molar-refractivity contribution in [2.45, 2.75) is 26.2 Å². The number of fused-ring (bicyclic) bond motifs is 13. The molecule has 1 nitrogen and oxygen atoms in total. The molecule has 8 aromatic carbocycles. The first-order valence-corrected chi connectivity index (χ1v) is 21.1. The average Bonchev–Trinajstić information content (AvgIpc) is 3.76. The van der Waals surface area contributed by atoms with Gasteiger partial charge in [0.05, 0.1) is 5.69 Å². The molecule has 2 aliphatic heterocycles. The summed E-state index contributed by atoms with van der Waals surface area (Å²) in [5, 5.41) is 6.00. The molecule has 0 aromatic heterocycles. The van der Waals surface area contributed by atoms with Gasteiger partial charge in [-0.2, -0.15) is 0 Å². The van der Waals surface area contributed by atoms with Crippen LogP contribution in [-0.4, -0.2) is 8.07 Å². The van der Waals surface area contributed by atoms with Gasteiger partial charge in [-0.3, -0.25) is 0 Å². The molecule has 3 aliphatic rings. The average molecular weight is 706 g/mol. The van der Waals surface area contributed by atoms with Gasteiger partial charge in [0.15, 0.2) is 8.07 Å². The van der Waals surface area contributed by atoms with Crippen molar-refractivity contribution in [3.8, 4) is 44.5 Å². The first-order chi connectivity index (χ1) is 26.5. The summed E-state index contributed by atoms with van der Waals surface area (Å²) in [6, 6.07) is 68.9. The van der Waals surface area contributed by atoms with Crippen LogP contribution in [0.15, 0.2) is 182 Å². The highest BCUT2D eigenvalue weighted by molar-refractivity contribution is 7.24. The topological polar surface area (TPSA) is 3.24 Å². The Balaban J connectivity index is 1.20. The van der Waals surface area contributed by atoms with Gasteiger partial charge in [0.25, 0.3) is 0 Å². The summed E-state index contributed by atoms with van der Waals surface area (Å²) in [6.07, 6.45) is 0. The van der Waals surface area contributed by atoms with Gasteiger partial charge in [-0.25, -0.2) is 0 Å². The van der Waals surface area contributed by atoms with Crippen molar-refractivity contribution in [1.82, 2.24) is 0 Å². The Morgan fingerprint density at radius 2 is 0.889 bits per heavy atom. The minimum Gasteiger partial charge on any atom is -0.310 e. The lowest BCUT2D eigenvalue weighted by Gasteiger charge is -2.32. The van der Waals surface area contributed by atoms with Gasteiger partial charge in [0.2, 0.25) is 0 Å². The van der Waals surface area contributed by atoms with Gasteiger partial charge in [-0.15, -0.1) is 0 Å². The zero-order valence-electron chi connectivity index (χ0n) is 30.8. The number of rotatable bonds is 4. The second-order valence-corrected chi connectivity index (χ2v) is 19.4. The first-order valence-electron chi connectivity index (χ1n) is 19.1. The zero-order valence-corrected chi connectivity index (χ0v) is 31.8. The fourth-order valence-corrected chi connectivity index (χ4v) is 15.9. The molecule has 0 saturated carbocycles. The molecule has 0 saturated heterocycles. The molecule has 0 amide bonds. The maximum Gasteiger partial charge on any atom is 0.182 e. The fourth-order valence-electron chi connectivity index (χ4n) is 10.2. The molecule has 54 heavy (non-hydrogen) atoms. The lowest BCUT2D eigenvalue weighted by molar-refractivity contribution is 0.660. The van der Waals surface area contributed by atoms with Crippen molar-refractivity contribution < 1.29 is 0 Å². The smallest absolute Gasteiger partial charge is 0.182 e. The van der Waals surface area contributed by atoms with Crippen molar-refractivity contribution in [3.63, 3.8) is 0 Å². The fraction of sp³-hybridized carbons (Fsp3) is 0.0769. The molecule has 0 N–H and O–H groups in total. The highest BCUT2D eigenvalue weighted by Crippen LogP contribution is 2.51. The number of nitrogens with zero attached hydrogens (tertiary/aromatic N) is 1. The maximum absolute atomic E-state index is 2.65. The van der Waals surface area contributed by atoms with E-state index in [0.717, 1.165) is 0 Å². The molecule has 1 spiro atoms. The Morgan fingerprint density at radius 1 is 0.389 bits per heavy atom. The Kier molecular flexibility index (Phi) is 6.60. The predicted molar refractivity (Wildman–Crippen MR) is 230 cm³/mol. The van der Waals surface area contributed by atoms with Crippen molar-refractivity contribution in [3.05, 3.63) is 199 Å². The molecule has 0 radical (unpaired) electrons. The summed E-state index contributed by atoms with van der Waals surface area (Å²) < 4.78 is 0. The molecule has 256 valence electrons. The number of hydrogen-bond acceptors (Lipinski definition) is 1. The van der Waals surface area contributed by atoms with Crippen LogP contribution in [0.3, 0.4) is 0 Å². The third kappa shape index (κ3) is 4.15. The van der Waals surface area contributed by atoms with Crippen LogP contribution in [0.4, 0.5) is 17.1 Å². The molecule has 11 rings (SSSR count). The van der Waals surface area contributed by atoms with Gasteiger partial charge < -0.3 is 4.90 Å². The quantitative estimate of drug-likeness (QED) is 0.165. The molecule has 0 atom stereocenters. The van der Waals surface area contributed by atoms with Gasteiger partial charge in [0.1, 0.15) is 0 Å². The molecule has 0 fully saturated rings. The highest BCUT2D eigenvalue weighted by Gasteiger charge is 2.54. The summed E-state index contributed by atoms with van der Waals surface area (Å²) in [4.78, 5) is 2.53. The maximum atomic E-state index is 2.57. The van der Waals surface area contributed by atoms with Gasteiger partial charge in [-0.1, -0.05) is 171 Å². The lowest BCUT2D eigenvalue weighted by atomic mass is 9.82. The molecule has 2 heterocycles. The van der Waals surface area contributed by atoms with E-state index in [4.69, 9.17) is 0 Å². The molecule has 0 unspecified atom stereocenters. The predicted octanol–water partition coefficient (Wildman–Crippen LogP) is 10.8. The van der Waals surface area contributed by atoms with E-state index in [-0.39, 0.29) is 5.41 Å². The Labute approximate surface area is 318 Å². The standard InChI is InChI=1S/C52H39NSi/c1-34-25-28-43-44-30-27-37(33-51(44)54(50(43)31-34)48-23-13-9-19-41(48)42-20-10-14-24-49(42)54)53(47-22-12-8-17-38(47)35-15-5-4-6-16-35)36-26-29-40-39-18-7-11-21-45(39)52(2,3)46(40)32-36/h4-33H,1-3H3. The number of benzene rings is 8. The van der Waals surface area contributed by atoms with Crippen LogP contribution in [0.1, 0.15) is 30.5 Å². The highest BCUT2D eigenvalue weighted by atomic mass is 28.3. The first kappa shape index (κ1) is 31.3. The number of aryl methyl sites for hydroxylation is 1. The van der Waals surface area contributed by atoms with Crippen molar-refractivity contribution in [1.29, 1.82) is 0 Å². The third-order valence-electron chi connectivity index (χ3n) is 12.5. The molecule has 8 aromatic rings. The van der Waals surface area contributed by atoms with Crippen LogP contribution in [0.5, 0.6) is 0 Å². The van der Waals surface area contributed by atoms with Crippen LogP contribution in [0.2, 0.25) is 0 Å². The van der Waals surface area contributed by atoms with Gasteiger partial charge in [0, 0.05) is 22.4 Å². The summed E-state index contributed by atoms with van der Waals surface area (Å²) in [5.74, 6) is 0. The molecular formula is C52H39NSi. The van der Waals surface area contributed by atoms with E-state index < -0.39 is 8.07 Å². The monoisotopic (exact) mass is 705 g/mol. The lowest BCUT2D eigenvalue weighted by Crippen LogP contribution is -2.70. The summed E-state index contributed by atoms with van der Waals surface area (Å²) in [6.45, 7) is 7.00. The zero-order chi connectivity index (χ0) is 36.2. The third-order valence-corrected chi connectivity index (χ3v) is 17.5. The molecule has 0 bridgehead atoms. The summed E-state index contributed by atoms with van der Waals surface area (Å²) in [7, 11) is -2.65. The second kappa shape index (κ2) is 11.4. The van der Waals surface area contributed by atoms with Crippen molar-refractivity contribution >= 4 is 45.9 Å². The van der Waals surface area contributed by atoms with E-state index in [1.807, 2.05) is 0 Å². The molecule has 1 aliphatic carbocycles. The van der Waals surface area contributed by atoms with Crippen LogP contribution in [0.25, 0.3) is 44.5 Å². The van der Waals surface area contributed by atoms with Crippen LogP contribution >= 0.6 is 0 Å². The van der Waals surface area contributed by atoms with E-state index in [0.29, 0.717) is 0 Å². The van der Waals surface area contributed by atoms with E-state index in [9.17, 15) is 0 Å². The molecule has 2 heteroatoms. The van der Waals surface area contributed by atoms with Crippen LogP contribution in [-0.2, 0) is 5.41 Å². The normalized spacial score (nSPS) is 14.5. The summed E-state index contributed by atoms with van der Waals surface area (Å²) >= 11 is 0. The van der Waals surface area contributed by atoms with Crippen molar-refractivity contribution in [2.24, 2.45) is 0 Å². The van der Waals surface area contributed by atoms with Crippen LogP contribution < -0.4 is 25.6 Å². The minimum atomic E-state index is -2.65. The van der Waals surface area contributed by atoms with E-state index >= 15 is 0 Å². The van der Waals surface area contributed by atoms with E-state index in [2.05, 4.69) is 208 Å². The van der Waals surface area contributed by atoms with E-state index in [1.54, 1.807) is 0 Å². The van der Waals surface area contributed by atoms with Gasteiger partial charge >= 0.3 is 0 Å². The summed E-state index contributed by atoms with van der Waals surface area (Å²) in [5.41, 5.74) is 18.1. The molecular weight excluding hydrogens is 667 g/mol. The van der Waals surface area contributed by atoms with Crippen LogP contribution in [0, 0.1) is 6.92 Å². The largest absolute Gasteiger partial charge is 0.310 e. The van der Waals surface area contributed by atoms with Crippen molar-refractivity contribution in [2.75, 3.05) is 4.90 Å².